The van der Waals surface area contributed by atoms with Crippen molar-refractivity contribution in [2.45, 2.75) is 32.1 Å². The van der Waals surface area contributed by atoms with Gasteiger partial charge < -0.3 is 4.57 Å². The molecule has 0 saturated carbocycles. The summed E-state index contributed by atoms with van der Waals surface area (Å²) in [6, 6.07) is 21.2. The van der Waals surface area contributed by atoms with Crippen LogP contribution in [0.25, 0.3) is 0 Å². The Morgan fingerprint density at radius 3 is 1.65 bits per heavy atom. The van der Waals surface area contributed by atoms with Gasteiger partial charge in [-0.05, 0) is 37.7 Å². The summed E-state index contributed by atoms with van der Waals surface area (Å²) >= 11 is 0. The number of benzene rings is 2. The van der Waals surface area contributed by atoms with Crippen LogP contribution in [0.5, 0.6) is 0 Å². The predicted molar refractivity (Wildman–Crippen MR) is 100 cm³/mol. The van der Waals surface area contributed by atoms with Gasteiger partial charge in [0.15, 0.2) is 0 Å². The zero-order chi connectivity index (χ0) is 16.7. The van der Waals surface area contributed by atoms with Crippen molar-refractivity contribution in [1.29, 1.82) is 0 Å². The Labute approximate surface area is 140 Å². The molecule has 0 bridgehead atoms. The normalized spacial score (nSPS) is 11.0. The first-order valence-corrected chi connectivity index (χ1v) is 8.07. The molecule has 0 aliphatic heterocycles. The summed E-state index contributed by atoms with van der Waals surface area (Å²) in [6.45, 7) is 6.44. The number of hydrogen-bond acceptors (Lipinski definition) is 1. The van der Waals surface area contributed by atoms with Crippen LogP contribution in [0.3, 0.4) is 0 Å². The summed E-state index contributed by atoms with van der Waals surface area (Å²) < 4.78 is 2.08. The SMILES string of the molecule is BC(c1ccccc1)c1ccccc1.CC(C)(C)n1ccnc1. The molecule has 0 spiro atoms. The van der Waals surface area contributed by atoms with Gasteiger partial charge in [0.05, 0.1) is 6.33 Å². The first-order chi connectivity index (χ1) is 11.0. The Bertz CT molecular complexity index is 631. The van der Waals surface area contributed by atoms with E-state index in [9.17, 15) is 0 Å². The van der Waals surface area contributed by atoms with E-state index in [1.165, 1.54) is 11.1 Å². The fraction of sp³-hybridized carbons (Fsp3) is 0.250. The average molecular weight is 304 g/mol. The topological polar surface area (TPSA) is 17.8 Å². The maximum Gasteiger partial charge on any atom is 0.116 e. The van der Waals surface area contributed by atoms with Gasteiger partial charge in [0, 0.05) is 17.9 Å². The molecule has 3 aromatic rings. The van der Waals surface area contributed by atoms with E-state index in [2.05, 4.69) is 98.8 Å². The molecule has 0 saturated heterocycles. The maximum absolute atomic E-state index is 3.95. The van der Waals surface area contributed by atoms with E-state index in [0.717, 1.165) is 0 Å². The Kier molecular flexibility index (Phi) is 5.81. The highest BCUT2D eigenvalue weighted by Crippen LogP contribution is 2.20. The van der Waals surface area contributed by atoms with E-state index < -0.39 is 0 Å². The highest BCUT2D eigenvalue weighted by atomic mass is 15.1. The summed E-state index contributed by atoms with van der Waals surface area (Å²) in [7, 11) is 2.24. The molecular weight excluding hydrogens is 279 g/mol. The van der Waals surface area contributed by atoms with Gasteiger partial charge in [-0.25, -0.2) is 4.98 Å². The standard InChI is InChI=1S/C13H13B.C7H12N2/c14-13(11-7-3-1-4-8-11)12-9-5-2-6-10-12;1-7(2,3)9-5-4-8-6-9/h1-10,13H,14H2;4-6H,1-3H3. The van der Waals surface area contributed by atoms with E-state index >= 15 is 0 Å². The molecule has 2 aromatic carbocycles. The minimum absolute atomic E-state index is 0.177. The number of aromatic nitrogens is 2. The van der Waals surface area contributed by atoms with E-state index in [-0.39, 0.29) is 5.54 Å². The molecule has 0 atom stereocenters. The van der Waals surface area contributed by atoms with Crippen molar-refractivity contribution in [2.75, 3.05) is 0 Å². The van der Waals surface area contributed by atoms with Crippen LogP contribution in [-0.4, -0.2) is 17.4 Å². The molecule has 1 heterocycles. The minimum atomic E-state index is 0.177. The minimum Gasteiger partial charge on any atom is -0.332 e. The van der Waals surface area contributed by atoms with E-state index in [0.29, 0.717) is 5.82 Å². The lowest BCUT2D eigenvalue weighted by Crippen LogP contribution is -2.19. The summed E-state index contributed by atoms with van der Waals surface area (Å²) in [4.78, 5) is 3.95. The highest BCUT2D eigenvalue weighted by molar-refractivity contribution is 6.14. The zero-order valence-electron chi connectivity index (χ0n) is 14.5. The lowest BCUT2D eigenvalue weighted by Gasteiger charge is -2.19. The van der Waals surface area contributed by atoms with Crippen LogP contribution < -0.4 is 0 Å². The van der Waals surface area contributed by atoms with Crippen molar-refractivity contribution in [3.63, 3.8) is 0 Å². The number of imidazole rings is 1. The smallest absolute Gasteiger partial charge is 0.116 e. The number of nitrogens with zero attached hydrogens (tertiary/aromatic N) is 2. The number of rotatable bonds is 2. The molecule has 0 aliphatic carbocycles. The second kappa shape index (κ2) is 7.82. The molecule has 0 unspecified atom stereocenters. The molecule has 0 aliphatic rings. The highest BCUT2D eigenvalue weighted by Gasteiger charge is 2.09. The Morgan fingerprint density at radius 2 is 1.35 bits per heavy atom. The molecule has 1 aromatic heterocycles. The van der Waals surface area contributed by atoms with Gasteiger partial charge in [0.1, 0.15) is 7.85 Å². The third-order valence-corrected chi connectivity index (χ3v) is 3.88. The van der Waals surface area contributed by atoms with E-state index in [1.54, 1.807) is 6.20 Å². The van der Waals surface area contributed by atoms with Crippen molar-refractivity contribution >= 4 is 7.85 Å². The number of hydrogen-bond donors (Lipinski definition) is 0. The quantitative estimate of drug-likeness (QED) is 0.653. The van der Waals surface area contributed by atoms with Crippen LogP contribution in [0, 0.1) is 0 Å². The molecule has 3 rings (SSSR count). The Morgan fingerprint density at radius 1 is 0.870 bits per heavy atom. The van der Waals surface area contributed by atoms with Crippen molar-refractivity contribution in [3.8, 4) is 0 Å². The lowest BCUT2D eigenvalue weighted by atomic mass is 9.76. The van der Waals surface area contributed by atoms with Crippen LogP contribution in [0.15, 0.2) is 79.4 Å². The fourth-order valence-electron chi connectivity index (χ4n) is 2.33. The summed E-state index contributed by atoms with van der Waals surface area (Å²) in [5.41, 5.74) is 2.92. The van der Waals surface area contributed by atoms with Gasteiger partial charge in [-0.2, -0.15) is 0 Å². The summed E-state index contributed by atoms with van der Waals surface area (Å²) in [6.07, 6.45) is 5.60. The van der Waals surface area contributed by atoms with Gasteiger partial charge in [0.25, 0.3) is 0 Å². The molecule has 3 heteroatoms. The maximum atomic E-state index is 3.95. The molecule has 0 radical (unpaired) electrons. The van der Waals surface area contributed by atoms with Crippen molar-refractivity contribution in [3.05, 3.63) is 90.5 Å². The van der Waals surface area contributed by atoms with E-state index in [1.807, 2.05) is 12.5 Å². The van der Waals surface area contributed by atoms with Crippen LogP contribution in [0.2, 0.25) is 0 Å². The molecule has 0 N–H and O–H groups in total. The molecule has 2 nitrogen and oxygen atoms in total. The lowest BCUT2D eigenvalue weighted by molar-refractivity contribution is 0.396. The van der Waals surface area contributed by atoms with Crippen LogP contribution in [0.4, 0.5) is 0 Å². The summed E-state index contributed by atoms with van der Waals surface area (Å²) in [5, 5.41) is 0. The Balaban J connectivity index is 0.000000185. The molecule has 23 heavy (non-hydrogen) atoms. The molecule has 118 valence electrons. The van der Waals surface area contributed by atoms with E-state index in [4.69, 9.17) is 0 Å². The third kappa shape index (κ3) is 5.13. The van der Waals surface area contributed by atoms with Gasteiger partial charge in [0.2, 0.25) is 0 Å². The summed E-state index contributed by atoms with van der Waals surface area (Å²) in [5.74, 6) is 0.484. The van der Waals surface area contributed by atoms with Gasteiger partial charge in [-0.15, -0.1) is 0 Å². The van der Waals surface area contributed by atoms with Crippen LogP contribution in [0.1, 0.15) is 37.7 Å². The van der Waals surface area contributed by atoms with Crippen molar-refractivity contribution in [1.82, 2.24) is 9.55 Å². The zero-order valence-corrected chi connectivity index (χ0v) is 14.5. The Hall–Kier alpha value is -2.29. The van der Waals surface area contributed by atoms with Crippen LogP contribution in [-0.2, 0) is 5.54 Å². The first-order valence-electron chi connectivity index (χ1n) is 8.07. The second-order valence-corrected chi connectivity index (χ2v) is 6.68. The largest absolute Gasteiger partial charge is 0.332 e. The first kappa shape index (κ1) is 17.1. The molecule has 0 amide bonds. The second-order valence-electron chi connectivity index (χ2n) is 6.68. The average Bonchev–Trinajstić information content (AvgIpc) is 3.11. The van der Waals surface area contributed by atoms with Gasteiger partial charge in [-0.3, -0.25) is 0 Å². The van der Waals surface area contributed by atoms with Crippen LogP contribution >= 0.6 is 0 Å². The fourth-order valence-corrected chi connectivity index (χ4v) is 2.33. The van der Waals surface area contributed by atoms with Crippen molar-refractivity contribution < 1.29 is 0 Å². The van der Waals surface area contributed by atoms with Crippen molar-refractivity contribution in [2.24, 2.45) is 0 Å². The van der Waals surface area contributed by atoms with Gasteiger partial charge >= 0.3 is 0 Å². The molecule has 0 fully saturated rings. The van der Waals surface area contributed by atoms with Gasteiger partial charge in [-0.1, -0.05) is 60.7 Å². The predicted octanol–water partition coefficient (Wildman–Crippen LogP) is 4.05. The third-order valence-electron chi connectivity index (χ3n) is 3.88. The molecular formula is C20H25BN2. The monoisotopic (exact) mass is 304 g/mol.